The minimum absolute atomic E-state index is 0.176. The molecule has 6 rings (SSSR count). The molecule has 0 aliphatic carbocycles. The lowest BCUT2D eigenvalue weighted by Crippen LogP contribution is -2.43. The van der Waals surface area contributed by atoms with Crippen molar-refractivity contribution in [3.63, 3.8) is 0 Å². The van der Waals surface area contributed by atoms with Gasteiger partial charge in [0.15, 0.2) is 4.80 Å². The minimum atomic E-state index is -0.727. The third-order valence-corrected chi connectivity index (χ3v) is 9.65. The van der Waals surface area contributed by atoms with Gasteiger partial charge in [-0.3, -0.25) is 19.0 Å². The van der Waals surface area contributed by atoms with Crippen LogP contribution < -0.4 is 19.8 Å². The molecule has 3 heterocycles. The first-order valence-electron chi connectivity index (χ1n) is 14.0. The predicted octanol–water partition coefficient (Wildman–Crippen LogP) is 5.44. The van der Waals surface area contributed by atoms with Crippen LogP contribution in [0.15, 0.2) is 98.3 Å². The van der Waals surface area contributed by atoms with Gasteiger partial charge in [-0.25, -0.2) is 4.99 Å². The number of benzene rings is 3. The van der Waals surface area contributed by atoms with E-state index in [1.807, 2.05) is 74.5 Å². The molecule has 7 nitrogen and oxygen atoms in total. The molecule has 2 aliphatic heterocycles. The van der Waals surface area contributed by atoms with Crippen molar-refractivity contribution in [2.45, 2.75) is 33.4 Å². The zero-order valence-electron chi connectivity index (χ0n) is 23.8. The van der Waals surface area contributed by atoms with Crippen LogP contribution in [0.4, 0.5) is 5.69 Å². The number of carbonyl (C=O) groups excluding carboxylic acids is 2. The third-order valence-electron chi connectivity index (χ3n) is 7.85. The molecule has 3 aromatic carbocycles. The number of rotatable bonds is 6. The number of anilines is 1. The summed E-state index contributed by atoms with van der Waals surface area (Å²) in [4.78, 5) is 51.1. The maximum absolute atomic E-state index is 14.5. The van der Waals surface area contributed by atoms with Crippen LogP contribution in [0, 0.1) is 0 Å². The second-order valence-corrected chi connectivity index (χ2v) is 12.7. The van der Waals surface area contributed by atoms with E-state index in [9.17, 15) is 14.4 Å². The Morgan fingerprint density at radius 1 is 1.02 bits per heavy atom. The standard InChI is InChI=1S/C33H28BrClN4O3S/c1-4-37(5-2)30(40)26-19(3)36-33-39(28(26)21-11-14-23(35)15-12-21)32(42)29(43-33)27-24-17-22(34)13-16-25(24)38(31(27)41)18-20-9-7-6-8-10-20/h6-17,28H,4-5,18H2,1-3H3/b29-27+/t28-/m0/s1. The molecule has 0 saturated carbocycles. The highest BCUT2D eigenvalue weighted by atomic mass is 79.9. The highest BCUT2D eigenvalue weighted by Crippen LogP contribution is 2.38. The molecule has 0 radical (unpaired) electrons. The van der Waals surface area contributed by atoms with Gasteiger partial charge in [0.05, 0.1) is 35.1 Å². The molecule has 1 atom stereocenters. The number of hydrogen-bond acceptors (Lipinski definition) is 5. The normalized spacial score (nSPS) is 17.1. The van der Waals surface area contributed by atoms with Gasteiger partial charge < -0.3 is 9.80 Å². The largest absolute Gasteiger partial charge is 0.339 e. The first-order chi connectivity index (χ1) is 20.7. The average Bonchev–Trinajstić information content (AvgIpc) is 3.45. The Morgan fingerprint density at radius 2 is 1.72 bits per heavy atom. The van der Waals surface area contributed by atoms with Crippen molar-refractivity contribution >= 4 is 61.9 Å². The lowest BCUT2D eigenvalue weighted by atomic mass is 9.94. The van der Waals surface area contributed by atoms with Crippen molar-refractivity contribution in [3.8, 4) is 0 Å². The fourth-order valence-corrected chi connectivity index (χ4v) is 7.36. The van der Waals surface area contributed by atoms with Crippen molar-refractivity contribution in [2.75, 3.05) is 18.0 Å². The van der Waals surface area contributed by atoms with Crippen LogP contribution in [0.5, 0.6) is 0 Å². The Balaban J connectivity index is 1.60. The van der Waals surface area contributed by atoms with E-state index in [-0.39, 0.29) is 17.4 Å². The Morgan fingerprint density at radius 3 is 2.40 bits per heavy atom. The number of allylic oxidation sites excluding steroid dienone is 1. The van der Waals surface area contributed by atoms with Gasteiger partial charge in [-0.1, -0.05) is 81.3 Å². The smallest absolute Gasteiger partial charge is 0.271 e. The van der Waals surface area contributed by atoms with Crippen LogP contribution >= 0.6 is 38.9 Å². The summed E-state index contributed by atoms with van der Waals surface area (Å²) >= 11 is 11.0. The number of nitrogens with zero attached hydrogens (tertiary/aromatic N) is 4. The van der Waals surface area contributed by atoms with Crippen LogP contribution in [0.2, 0.25) is 5.02 Å². The zero-order valence-corrected chi connectivity index (χ0v) is 27.0. The maximum Gasteiger partial charge on any atom is 0.271 e. The third kappa shape index (κ3) is 5.09. The molecule has 0 spiro atoms. The van der Waals surface area contributed by atoms with E-state index in [0.29, 0.717) is 56.4 Å². The summed E-state index contributed by atoms with van der Waals surface area (Å²) in [5.74, 6) is -0.426. The average molecular weight is 676 g/mol. The SMILES string of the molecule is CCN(CC)C(=O)C1=C(C)N=c2s/c(=C3/C(=O)N(Cc4ccccc4)c4ccc(Br)cc43)c(=O)n2[C@H]1c1ccc(Cl)cc1. The van der Waals surface area contributed by atoms with Crippen LogP contribution in [0.25, 0.3) is 5.57 Å². The molecule has 4 aromatic rings. The first-order valence-corrected chi connectivity index (χ1v) is 16.0. The molecule has 43 heavy (non-hydrogen) atoms. The van der Waals surface area contributed by atoms with Gasteiger partial charge in [-0.15, -0.1) is 0 Å². The van der Waals surface area contributed by atoms with Crippen LogP contribution in [-0.2, 0) is 16.1 Å². The second kappa shape index (κ2) is 11.7. The molecule has 0 unspecified atom stereocenters. The number of carbonyl (C=O) groups is 2. The summed E-state index contributed by atoms with van der Waals surface area (Å²) in [6.07, 6.45) is 0. The van der Waals surface area contributed by atoms with Crippen LogP contribution in [0.3, 0.4) is 0 Å². The fourth-order valence-electron chi connectivity index (χ4n) is 5.73. The van der Waals surface area contributed by atoms with Crippen LogP contribution in [0.1, 0.15) is 43.5 Å². The topological polar surface area (TPSA) is 75.0 Å². The number of aromatic nitrogens is 1. The summed E-state index contributed by atoms with van der Waals surface area (Å²) in [7, 11) is 0. The predicted molar refractivity (Wildman–Crippen MR) is 174 cm³/mol. The van der Waals surface area contributed by atoms with Gasteiger partial charge in [0.1, 0.15) is 4.53 Å². The monoisotopic (exact) mass is 674 g/mol. The van der Waals surface area contributed by atoms with Gasteiger partial charge in [0.25, 0.3) is 17.4 Å². The first kappa shape index (κ1) is 29.3. The van der Waals surface area contributed by atoms with E-state index >= 15 is 0 Å². The highest BCUT2D eigenvalue weighted by molar-refractivity contribution is 9.10. The molecule has 2 amide bonds. The van der Waals surface area contributed by atoms with Crippen LogP contribution in [-0.4, -0.2) is 34.4 Å². The summed E-state index contributed by atoms with van der Waals surface area (Å²) < 4.78 is 2.65. The highest BCUT2D eigenvalue weighted by Gasteiger charge is 2.38. The quantitative estimate of drug-likeness (QED) is 0.274. The summed E-state index contributed by atoms with van der Waals surface area (Å²) in [6.45, 7) is 7.05. The Labute approximate surface area is 266 Å². The molecule has 1 aromatic heterocycles. The summed E-state index contributed by atoms with van der Waals surface area (Å²) in [5, 5.41) is 0.549. The number of fused-ring (bicyclic) bond motifs is 2. The molecule has 0 bridgehead atoms. The van der Waals surface area contributed by atoms with Crippen molar-refractivity contribution in [1.82, 2.24) is 9.47 Å². The molecule has 10 heteroatoms. The summed E-state index contributed by atoms with van der Waals surface area (Å²) in [6, 6.07) is 21.9. The lowest BCUT2D eigenvalue weighted by Gasteiger charge is -2.29. The number of hydrogen-bond donors (Lipinski definition) is 0. The maximum atomic E-state index is 14.5. The van der Waals surface area contributed by atoms with Crippen molar-refractivity contribution in [2.24, 2.45) is 4.99 Å². The second-order valence-electron chi connectivity index (χ2n) is 10.3. The van der Waals surface area contributed by atoms with Crippen molar-refractivity contribution in [1.29, 1.82) is 0 Å². The Bertz CT molecular complexity index is 1980. The number of likely N-dealkylation sites (N-methyl/N-ethyl adjacent to an activating group) is 1. The Hall–Kier alpha value is -3.79. The molecule has 218 valence electrons. The van der Waals surface area contributed by atoms with Gasteiger partial charge in [-0.05, 0) is 62.2 Å². The summed E-state index contributed by atoms with van der Waals surface area (Å²) in [5.41, 5.74) is 4.08. The lowest BCUT2D eigenvalue weighted by molar-refractivity contribution is -0.127. The van der Waals surface area contributed by atoms with E-state index < -0.39 is 6.04 Å². The molecule has 0 fully saturated rings. The minimum Gasteiger partial charge on any atom is -0.339 e. The molecule has 2 aliphatic rings. The van der Waals surface area contributed by atoms with Gasteiger partial charge >= 0.3 is 0 Å². The Kier molecular flexibility index (Phi) is 7.98. The molecule has 0 N–H and O–H groups in total. The fraction of sp³-hybridized carbons (Fsp3) is 0.212. The van der Waals surface area contributed by atoms with Gasteiger partial charge in [-0.2, -0.15) is 0 Å². The van der Waals surface area contributed by atoms with E-state index in [2.05, 4.69) is 15.9 Å². The molecular weight excluding hydrogens is 648 g/mol. The number of amides is 2. The number of thiazole rings is 1. The van der Waals surface area contributed by atoms with E-state index in [4.69, 9.17) is 16.6 Å². The van der Waals surface area contributed by atoms with Gasteiger partial charge in [0, 0.05) is 28.1 Å². The van der Waals surface area contributed by atoms with Crippen molar-refractivity contribution in [3.05, 3.63) is 130 Å². The van der Waals surface area contributed by atoms with Crippen molar-refractivity contribution < 1.29 is 9.59 Å². The van der Waals surface area contributed by atoms with E-state index in [0.717, 1.165) is 21.3 Å². The zero-order chi connectivity index (χ0) is 30.4. The molecular formula is C33H28BrClN4O3S. The van der Waals surface area contributed by atoms with E-state index in [1.165, 1.54) is 11.3 Å². The van der Waals surface area contributed by atoms with Gasteiger partial charge in [0.2, 0.25) is 0 Å². The van der Waals surface area contributed by atoms with E-state index in [1.54, 1.807) is 33.4 Å². The number of halogens is 2. The molecule has 0 saturated heterocycles.